The van der Waals surface area contributed by atoms with Crippen molar-refractivity contribution in [3.8, 4) is 0 Å². The summed E-state index contributed by atoms with van der Waals surface area (Å²) in [6, 6.07) is 5.44. The van der Waals surface area contributed by atoms with Crippen LogP contribution >= 0.6 is 0 Å². The number of anilines is 1. The number of nitrogen functional groups attached to an aromatic ring is 1. The number of nitrogens with zero attached hydrogens (tertiary/aromatic N) is 1. The van der Waals surface area contributed by atoms with E-state index in [1.165, 1.54) is 7.11 Å². The number of carbonyl (C=O) groups is 1. The molecule has 0 fully saturated rings. The molecule has 0 bridgehead atoms. The fraction of sp³-hybridized carbons (Fsp3) is 0.400. The number of methoxy groups -OCH3 is 1. The lowest BCUT2D eigenvalue weighted by Crippen LogP contribution is -2.29. The average molecular weight is 209 g/mol. The van der Waals surface area contributed by atoms with Crippen LogP contribution in [0.5, 0.6) is 0 Å². The van der Waals surface area contributed by atoms with E-state index in [0.29, 0.717) is 18.8 Å². The summed E-state index contributed by atoms with van der Waals surface area (Å²) in [5.74, 6) is 0.372. The Morgan fingerprint density at radius 1 is 1.60 bits per heavy atom. The highest BCUT2D eigenvalue weighted by Gasteiger charge is 1.99. The molecule has 15 heavy (non-hydrogen) atoms. The number of ether oxygens (including phenoxy) is 1. The molecule has 5 nitrogen and oxygen atoms in total. The smallest absolute Gasteiger partial charge is 0.245 e. The maximum atomic E-state index is 11.0. The molecule has 0 radical (unpaired) electrons. The monoisotopic (exact) mass is 209 g/mol. The molecule has 0 aromatic carbocycles. The van der Waals surface area contributed by atoms with Crippen molar-refractivity contribution in [3.05, 3.63) is 23.9 Å². The number of rotatable bonds is 5. The first kappa shape index (κ1) is 11.5. The Labute approximate surface area is 88.6 Å². The molecular weight excluding hydrogens is 194 g/mol. The second kappa shape index (κ2) is 5.98. The van der Waals surface area contributed by atoms with Gasteiger partial charge in [0.15, 0.2) is 0 Å². The molecule has 0 atom stereocenters. The molecule has 5 heteroatoms. The van der Waals surface area contributed by atoms with E-state index >= 15 is 0 Å². The Kier molecular flexibility index (Phi) is 4.56. The van der Waals surface area contributed by atoms with E-state index in [2.05, 4.69) is 15.0 Å². The average Bonchev–Trinajstić information content (AvgIpc) is 2.18. The second-order valence-electron chi connectivity index (χ2n) is 3.09. The third-order valence-corrected chi connectivity index (χ3v) is 1.81. The van der Waals surface area contributed by atoms with Gasteiger partial charge in [-0.1, -0.05) is 6.07 Å². The Morgan fingerprint density at radius 3 is 3.07 bits per heavy atom. The zero-order valence-electron chi connectivity index (χ0n) is 8.69. The lowest BCUT2D eigenvalue weighted by atomic mass is 10.2. The maximum Gasteiger partial charge on any atom is 0.245 e. The molecule has 0 aliphatic heterocycles. The summed E-state index contributed by atoms with van der Waals surface area (Å²) in [5.41, 5.74) is 6.39. The number of hydrogen-bond donors (Lipinski definition) is 2. The van der Waals surface area contributed by atoms with E-state index in [4.69, 9.17) is 5.73 Å². The molecule has 1 rings (SSSR count). The Hall–Kier alpha value is -1.62. The summed E-state index contributed by atoms with van der Waals surface area (Å²) in [7, 11) is 1.49. The van der Waals surface area contributed by atoms with Crippen LogP contribution < -0.4 is 11.1 Å². The van der Waals surface area contributed by atoms with Gasteiger partial charge in [0.1, 0.15) is 12.4 Å². The Bertz CT molecular complexity index is 328. The first-order valence-electron chi connectivity index (χ1n) is 4.69. The molecule has 3 N–H and O–H groups in total. The highest BCUT2D eigenvalue weighted by atomic mass is 16.5. The first-order chi connectivity index (χ1) is 7.22. The largest absolute Gasteiger partial charge is 0.384 e. The van der Waals surface area contributed by atoms with Crippen LogP contribution in [0.3, 0.4) is 0 Å². The van der Waals surface area contributed by atoms with Gasteiger partial charge in [-0.05, 0) is 12.1 Å². The minimum Gasteiger partial charge on any atom is -0.384 e. The zero-order valence-corrected chi connectivity index (χ0v) is 8.69. The highest BCUT2D eigenvalue weighted by Crippen LogP contribution is 2.00. The van der Waals surface area contributed by atoms with E-state index in [0.717, 1.165) is 5.69 Å². The number of nitrogens with one attached hydrogen (secondary N) is 1. The number of aromatic nitrogens is 1. The first-order valence-corrected chi connectivity index (χ1v) is 4.69. The lowest BCUT2D eigenvalue weighted by Gasteiger charge is -2.04. The molecular formula is C10H15N3O2. The van der Waals surface area contributed by atoms with Crippen LogP contribution in [0.25, 0.3) is 0 Å². The highest BCUT2D eigenvalue weighted by molar-refractivity contribution is 5.77. The molecule has 0 aliphatic rings. The van der Waals surface area contributed by atoms with Crippen LogP contribution in [-0.4, -0.2) is 31.2 Å². The van der Waals surface area contributed by atoms with Crippen LogP contribution in [0.15, 0.2) is 18.2 Å². The SMILES string of the molecule is COCC(=O)NCCc1cccc(N)n1. The molecule has 1 amide bonds. The van der Waals surface area contributed by atoms with Crippen LogP contribution in [0.2, 0.25) is 0 Å². The third kappa shape index (κ3) is 4.42. The summed E-state index contributed by atoms with van der Waals surface area (Å²) < 4.78 is 4.68. The number of hydrogen-bond acceptors (Lipinski definition) is 4. The summed E-state index contributed by atoms with van der Waals surface area (Å²) in [6.07, 6.45) is 0.667. The summed E-state index contributed by atoms with van der Waals surface area (Å²) in [5, 5.41) is 2.71. The third-order valence-electron chi connectivity index (χ3n) is 1.81. The lowest BCUT2D eigenvalue weighted by molar-refractivity contribution is -0.124. The van der Waals surface area contributed by atoms with Crippen molar-refractivity contribution in [1.82, 2.24) is 10.3 Å². The van der Waals surface area contributed by atoms with Crippen LogP contribution in [0.4, 0.5) is 5.82 Å². The van der Waals surface area contributed by atoms with E-state index in [1.807, 2.05) is 12.1 Å². The fourth-order valence-corrected chi connectivity index (χ4v) is 1.15. The van der Waals surface area contributed by atoms with Gasteiger partial charge < -0.3 is 15.8 Å². The predicted molar refractivity (Wildman–Crippen MR) is 57.2 cm³/mol. The second-order valence-corrected chi connectivity index (χ2v) is 3.09. The molecule has 1 aromatic heterocycles. The van der Waals surface area contributed by atoms with Gasteiger partial charge in [0.25, 0.3) is 0 Å². The fourth-order valence-electron chi connectivity index (χ4n) is 1.15. The zero-order chi connectivity index (χ0) is 11.1. The van der Waals surface area contributed by atoms with Gasteiger partial charge in [-0.3, -0.25) is 4.79 Å². The quantitative estimate of drug-likeness (QED) is 0.714. The van der Waals surface area contributed by atoms with Gasteiger partial charge in [0, 0.05) is 25.8 Å². The Balaban J connectivity index is 2.28. The van der Waals surface area contributed by atoms with Crippen LogP contribution in [-0.2, 0) is 16.0 Å². The number of carbonyl (C=O) groups excluding carboxylic acids is 1. The van der Waals surface area contributed by atoms with Crippen LogP contribution in [0, 0.1) is 0 Å². The number of amides is 1. The van der Waals surface area contributed by atoms with Crippen molar-refractivity contribution in [2.24, 2.45) is 0 Å². The van der Waals surface area contributed by atoms with Crippen molar-refractivity contribution >= 4 is 11.7 Å². The van der Waals surface area contributed by atoms with Crippen molar-refractivity contribution in [1.29, 1.82) is 0 Å². The van der Waals surface area contributed by atoms with Gasteiger partial charge in [-0.15, -0.1) is 0 Å². The standard InChI is InChI=1S/C10H15N3O2/c1-15-7-10(14)12-6-5-8-3-2-4-9(11)13-8/h2-4H,5-7H2,1H3,(H2,11,13)(H,12,14). The molecule has 0 saturated heterocycles. The molecule has 82 valence electrons. The van der Waals surface area contributed by atoms with Crippen molar-refractivity contribution < 1.29 is 9.53 Å². The van der Waals surface area contributed by atoms with E-state index in [1.54, 1.807) is 6.07 Å². The van der Waals surface area contributed by atoms with Gasteiger partial charge in [-0.2, -0.15) is 0 Å². The summed E-state index contributed by atoms with van der Waals surface area (Å²) in [6.45, 7) is 0.628. The number of pyridine rings is 1. The van der Waals surface area contributed by atoms with Crippen molar-refractivity contribution in [2.75, 3.05) is 26.0 Å². The van der Waals surface area contributed by atoms with Gasteiger partial charge in [-0.25, -0.2) is 4.98 Å². The predicted octanol–water partition coefficient (Wildman–Crippen LogP) is -0.0311. The normalized spacial score (nSPS) is 9.93. The van der Waals surface area contributed by atoms with Gasteiger partial charge in [0.2, 0.25) is 5.91 Å². The summed E-state index contributed by atoms with van der Waals surface area (Å²) >= 11 is 0. The molecule has 1 heterocycles. The maximum absolute atomic E-state index is 11.0. The minimum atomic E-state index is -0.124. The van der Waals surface area contributed by atoms with Crippen molar-refractivity contribution in [2.45, 2.75) is 6.42 Å². The molecule has 0 aliphatic carbocycles. The molecule has 0 unspecified atom stereocenters. The van der Waals surface area contributed by atoms with Crippen LogP contribution in [0.1, 0.15) is 5.69 Å². The molecule has 0 spiro atoms. The minimum absolute atomic E-state index is 0.0877. The van der Waals surface area contributed by atoms with E-state index < -0.39 is 0 Å². The number of nitrogens with two attached hydrogens (primary N) is 1. The molecule has 0 saturated carbocycles. The molecule has 1 aromatic rings. The van der Waals surface area contributed by atoms with Gasteiger partial charge >= 0.3 is 0 Å². The summed E-state index contributed by atoms with van der Waals surface area (Å²) in [4.78, 5) is 15.1. The Morgan fingerprint density at radius 2 is 2.40 bits per heavy atom. The topological polar surface area (TPSA) is 77.2 Å². The van der Waals surface area contributed by atoms with E-state index in [9.17, 15) is 4.79 Å². The van der Waals surface area contributed by atoms with E-state index in [-0.39, 0.29) is 12.5 Å². The van der Waals surface area contributed by atoms with Gasteiger partial charge in [0.05, 0.1) is 0 Å². The van der Waals surface area contributed by atoms with Crippen molar-refractivity contribution in [3.63, 3.8) is 0 Å².